The smallest absolute Gasteiger partial charge is 0.251 e. The molecule has 0 spiro atoms. The number of carbonyl (C=O) groups is 2. The zero-order valence-corrected chi connectivity index (χ0v) is 13.9. The minimum Gasteiger partial charge on any atom is -0.344 e. The van der Waals surface area contributed by atoms with Crippen LogP contribution in [0.1, 0.15) is 24.2 Å². The first-order valence-corrected chi connectivity index (χ1v) is 7.33. The molecule has 0 saturated carbocycles. The molecule has 0 aliphatic rings. The summed E-state index contributed by atoms with van der Waals surface area (Å²) >= 11 is 8.06. The quantitative estimate of drug-likeness (QED) is 0.798. The standard InChI is InChI=1S/C13H16ClIN2O2/c1-4-17(3)13(19)8(2)16-12(18)9-5-6-11(15)10(14)7-9/h5-8H,4H2,1-3H3,(H,16,18). The largest absolute Gasteiger partial charge is 0.344 e. The molecule has 0 radical (unpaired) electrons. The number of hydrogen-bond acceptors (Lipinski definition) is 2. The van der Waals surface area contributed by atoms with E-state index in [1.165, 1.54) is 0 Å². The van der Waals surface area contributed by atoms with Gasteiger partial charge < -0.3 is 10.2 Å². The van der Waals surface area contributed by atoms with E-state index in [2.05, 4.69) is 27.9 Å². The summed E-state index contributed by atoms with van der Waals surface area (Å²) in [6, 6.07) is 4.49. The monoisotopic (exact) mass is 394 g/mol. The topological polar surface area (TPSA) is 49.4 Å². The first kappa shape index (κ1) is 16.2. The molecule has 104 valence electrons. The van der Waals surface area contributed by atoms with E-state index in [1.54, 1.807) is 37.1 Å². The van der Waals surface area contributed by atoms with Gasteiger partial charge in [-0.05, 0) is 54.6 Å². The van der Waals surface area contributed by atoms with Crippen molar-refractivity contribution in [2.45, 2.75) is 19.9 Å². The van der Waals surface area contributed by atoms with Crippen LogP contribution in [-0.4, -0.2) is 36.3 Å². The van der Waals surface area contributed by atoms with Gasteiger partial charge >= 0.3 is 0 Å². The van der Waals surface area contributed by atoms with Gasteiger partial charge in [0.2, 0.25) is 5.91 Å². The molecule has 0 saturated heterocycles. The van der Waals surface area contributed by atoms with E-state index in [-0.39, 0.29) is 11.8 Å². The highest BCUT2D eigenvalue weighted by Gasteiger charge is 2.19. The fourth-order valence-electron chi connectivity index (χ4n) is 1.47. The van der Waals surface area contributed by atoms with E-state index in [1.807, 2.05) is 6.92 Å². The van der Waals surface area contributed by atoms with E-state index in [9.17, 15) is 9.59 Å². The van der Waals surface area contributed by atoms with Gasteiger partial charge in [0.05, 0.1) is 5.02 Å². The fraction of sp³-hybridized carbons (Fsp3) is 0.385. The minimum absolute atomic E-state index is 0.118. The van der Waals surface area contributed by atoms with Crippen LogP contribution in [0.15, 0.2) is 18.2 Å². The molecule has 0 aliphatic carbocycles. The van der Waals surface area contributed by atoms with Gasteiger partial charge in [0.1, 0.15) is 6.04 Å². The molecule has 6 heteroatoms. The third-order valence-electron chi connectivity index (χ3n) is 2.75. The number of amides is 2. The second-order valence-electron chi connectivity index (χ2n) is 4.18. The molecule has 4 nitrogen and oxygen atoms in total. The lowest BCUT2D eigenvalue weighted by atomic mass is 10.2. The third-order valence-corrected chi connectivity index (χ3v) is 4.32. The number of hydrogen-bond donors (Lipinski definition) is 1. The molecule has 0 heterocycles. The Morgan fingerprint density at radius 2 is 2.11 bits per heavy atom. The van der Waals surface area contributed by atoms with E-state index in [4.69, 9.17) is 11.6 Å². The number of likely N-dealkylation sites (N-methyl/N-ethyl adjacent to an activating group) is 1. The molecule has 0 bridgehead atoms. The minimum atomic E-state index is -0.560. The maximum atomic E-state index is 12.0. The number of rotatable bonds is 4. The van der Waals surface area contributed by atoms with Gasteiger partial charge in [0, 0.05) is 22.7 Å². The maximum Gasteiger partial charge on any atom is 0.251 e. The molecule has 0 fully saturated rings. The van der Waals surface area contributed by atoms with Gasteiger partial charge in [-0.15, -0.1) is 0 Å². The lowest BCUT2D eigenvalue weighted by Gasteiger charge is -2.20. The van der Waals surface area contributed by atoms with Crippen LogP contribution in [0.3, 0.4) is 0 Å². The highest BCUT2D eigenvalue weighted by molar-refractivity contribution is 14.1. The van der Waals surface area contributed by atoms with Crippen molar-refractivity contribution in [3.8, 4) is 0 Å². The first-order valence-electron chi connectivity index (χ1n) is 5.87. The van der Waals surface area contributed by atoms with Gasteiger partial charge in [0.25, 0.3) is 5.91 Å². The summed E-state index contributed by atoms with van der Waals surface area (Å²) in [7, 11) is 1.70. The van der Waals surface area contributed by atoms with Crippen molar-refractivity contribution in [2.75, 3.05) is 13.6 Å². The number of nitrogens with zero attached hydrogens (tertiary/aromatic N) is 1. The van der Waals surface area contributed by atoms with Gasteiger partial charge in [-0.25, -0.2) is 0 Å². The zero-order valence-electron chi connectivity index (χ0n) is 11.0. The van der Waals surface area contributed by atoms with Crippen LogP contribution in [0.5, 0.6) is 0 Å². The fourth-order valence-corrected chi connectivity index (χ4v) is 1.98. The summed E-state index contributed by atoms with van der Waals surface area (Å²) in [6.45, 7) is 4.15. The summed E-state index contributed by atoms with van der Waals surface area (Å²) < 4.78 is 0.880. The highest BCUT2D eigenvalue weighted by Crippen LogP contribution is 2.19. The highest BCUT2D eigenvalue weighted by atomic mass is 127. The molecule has 2 amide bonds. The average molecular weight is 395 g/mol. The zero-order chi connectivity index (χ0) is 14.6. The van der Waals surface area contributed by atoms with Crippen molar-refractivity contribution in [1.82, 2.24) is 10.2 Å². The molecule has 1 aromatic rings. The summed E-state index contributed by atoms with van der Waals surface area (Å²) in [4.78, 5) is 25.4. The van der Waals surface area contributed by atoms with Crippen LogP contribution in [-0.2, 0) is 4.79 Å². The van der Waals surface area contributed by atoms with Crippen LogP contribution in [0.4, 0.5) is 0 Å². The Morgan fingerprint density at radius 1 is 1.47 bits per heavy atom. The lowest BCUT2D eigenvalue weighted by molar-refractivity contribution is -0.131. The molecule has 0 aliphatic heterocycles. The Labute approximate surface area is 131 Å². The lowest BCUT2D eigenvalue weighted by Crippen LogP contribution is -2.45. The van der Waals surface area contributed by atoms with Crippen molar-refractivity contribution < 1.29 is 9.59 Å². The van der Waals surface area contributed by atoms with Crippen molar-refractivity contribution in [3.63, 3.8) is 0 Å². The van der Waals surface area contributed by atoms with Crippen molar-refractivity contribution in [3.05, 3.63) is 32.4 Å². The van der Waals surface area contributed by atoms with Gasteiger partial charge in [-0.1, -0.05) is 11.6 Å². The molecule has 1 atom stereocenters. The van der Waals surface area contributed by atoms with Gasteiger partial charge in [-0.2, -0.15) is 0 Å². The Kier molecular flexibility index (Phi) is 6.06. The molecule has 19 heavy (non-hydrogen) atoms. The van der Waals surface area contributed by atoms with E-state index < -0.39 is 6.04 Å². The normalized spacial score (nSPS) is 11.8. The Morgan fingerprint density at radius 3 is 2.63 bits per heavy atom. The molecule has 1 rings (SSSR count). The van der Waals surface area contributed by atoms with E-state index in [0.717, 1.165) is 3.57 Å². The summed E-state index contributed by atoms with van der Waals surface area (Å²) in [6.07, 6.45) is 0. The van der Waals surface area contributed by atoms with E-state index in [0.29, 0.717) is 17.1 Å². The van der Waals surface area contributed by atoms with Crippen LogP contribution in [0.25, 0.3) is 0 Å². The molecule has 0 aromatic heterocycles. The Balaban J connectivity index is 2.74. The molecule has 1 N–H and O–H groups in total. The van der Waals surface area contributed by atoms with Gasteiger partial charge in [-0.3, -0.25) is 9.59 Å². The third kappa shape index (κ3) is 4.35. The van der Waals surface area contributed by atoms with Gasteiger partial charge in [0.15, 0.2) is 0 Å². The number of benzene rings is 1. The molecule has 1 unspecified atom stereocenters. The Bertz CT molecular complexity index is 494. The van der Waals surface area contributed by atoms with Crippen molar-refractivity contribution >= 4 is 46.0 Å². The summed E-state index contributed by atoms with van der Waals surface area (Å²) in [5, 5.41) is 3.19. The molecular formula is C13H16ClIN2O2. The maximum absolute atomic E-state index is 12.0. The predicted octanol–water partition coefficient (Wildman–Crippen LogP) is 2.54. The summed E-state index contributed by atoms with van der Waals surface area (Å²) in [5.41, 5.74) is 0.448. The first-order chi connectivity index (χ1) is 8.86. The van der Waals surface area contributed by atoms with Crippen LogP contribution in [0.2, 0.25) is 5.02 Å². The second-order valence-corrected chi connectivity index (χ2v) is 5.75. The Hall–Kier alpha value is -0.820. The van der Waals surface area contributed by atoms with Crippen molar-refractivity contribution in [2.24, 2.45) is 0 Å². The van der Waals surface area contributed by atoms with Crippen LogP contribution < -0.4 is 5.32 Å². The number of carbonyl (C=O) groups excluding carboxylic acids is 2. The van der Waals surface area contributed by atoms with Crippen LogP contribution >= 0.6 is 34.2 Å². The second kappa shape index (κ2) is 7.09. The number of halogens is 2. The molecular weight excluding hydrogens is 379 g/mol. The average Bonchev–Trinajstić information content (AvgIpc) is 2.39. The predicted molar refractivity (Wildman–Crippen MR) is 84.4 cm³/mol. The molecule has 1 aromatic carbocycles. The van der Waals surface area contributed by atoms with Crippen molar-refractivity contribution in [1.29, 1.82) is 0 Å². The van der Waals surface area contributed by atoms with E-state index >= 15 is 0 Å². The SMILES string of the molecule is CCN(C)C(=O)C(C)NC(=O)c1ccc(I)c(Cl)c1. The van der Waals surface area contributed by atoms with Crippen LogP contribution in [0, 0.1) is 3.57 Å². The summed E-state index contributed by atoms with van der Waals surface area (Å²) in [5.74, 6) is -0.420. The number of nitrogens with one attached hydrogen (secondary N) is 1.